The van der Waals surface area contributed by atoms with Crippen molar-refractivity contribution >= 4 is 16.0 Å². The highest BCUT2D eigenvalue weighted by molar-refractivity contribution is 7.88. The molecule has 0 spiro atoms. The number of alkyl halides is 3. The van der Waals surface area contributed by atoms with Crippen LogP contribution in [0.1, 0.15) is 29.8 Å². The lowest BCUT2D eigenvalue weighted by Crippen LogP contribution is -2.28. The average molecular weight is 338 g/mol. The Labute approximate surface area is 126 Å². The predicted octanol–water partition coefficient (Wildman–Crippen LogP) is 1.34. The van der Waals surface area contributed by atoms with Crippen LogP contribution in [0.4, 0.5) is 19.1 Å². The summed E-state index contributed by atoms with van der Waals surface area (Å²) in [5, 5.41) is 2.63. The molecule has 2 N–H and O–H groups in total. The van der Waals surface area contributed by atoms with Crippen LogP contribution < -0.4 is 10.0 Å². The van der Waals surface area contributed by atoms with Gasteiger partial charge in [-0.1, -0.05) is 0 Å². The summed E-state index contributed by atoms with van der Waals surface area (Å²) in [6.45, 7) is 0.143. The van der Waals surface area contributed by atoms with Crippen LogP contribution in [0.3, 0.4) is 0 Å². The van der Waals surface area contributed by atoms with Gasteiger partial charge in [0.1, 0.15) is 0 Å². The van der Waals surface area contributed by atoms with Crippen LogP contribution in [-0.4, -0.2) is 37.7 Å². The number of fused-ring (bicyclic) bond motifs is 1. The topological polar surface area (TPSA) is 84.0 Å². The smallest absolute Gasteiger partial charge is 0.353 e. The summed E-state index contributed by atoms with van der Waals surface area (Å²) in [7, 11) is -3.34. The Morgan fingerprint density at radius 2 is 1.82 bits per heavy atom. The lowest BCUT2D eigenvalue weighted by Gasteiger charge is -2.20. The maximum absolute atomic E-state index is 13.1. The summed E-state index contributed by atoms with van der Waals surface area (Å²) in [4.78, 5) is 7.69. The van der Waals surface area contributed by atoms with E-state index < -0.39 is 21.9 Å². The van der Waals surface area contributed by atoms with E-state index in [0.29, 0.717) is 25.0 Å². The highest BCUT2D eigenvalue weighted by atomic mass is 32.2. The van der Waals surface area contributed by atoms with Crippen LogP contribution in [0.5, 0.6) is 0 Å². The third-order valence-electron chi connectivity index (χ3n) is 3.22. The van der Waals surface area contributed by atoms with Crippen LogP contribution in [0.15, 0.2) is 0 Å². The number of aromatic nitrogens is 2. The summed E-state index contributed by atoms with van der Waals surface area (Å²) in [6.07, 6.45) is -1.19. The van der Waals surface area contributed by atoms with E-state index in [-0.39, 0.29) is 24.6 Å². The molecule has 0 amide bonds. The molecule has 0 radical (unpaired) electrons. The van der Waals surface area contributed by atoms with Crippen LogP contribution in [-0.2, 0) is 29.0 Å². The van der Waals surface area contributed by atoms with Crippen LogP contribution >= 0.6 is 0 Å². The Morgan fingerprint density at radius 3 is 2.45 bits per heavy atom. The minimum Gasteiger partial charge on any atom is -0.353 e. The summed E-state index contributed by atoms with van der Waals surface area (Å²) in [6, 6.07) is 0. The third-order valence-corrected chi connectivity index (χ3v) is 3.95. The zero-order valence-electron chi connectivity index (χ0n) is 12.0. The summed E-state index contributed by atoms with van der Waals surface area (Å²) < 4.78 is 63.3. The zero-order valence-corrected chi connectivity index (χ0v) is 12.8. The van der Waals surface area contributed by atoms with E-state index in [2.05, 4.69) is 20.0 Å². The van der Waals surface area contributed by atoms with Crippen molar-refractivity contribution in [2.24, 2.45) is 0 Å². The minimum absolute atomic E-state index is 0.0423. The first-order chi connectivity index (χ1) is 10.2. The van der Waals surface area contributed by atoms with Gasteiger partial charge in [-0.05, 0) is 25.7 Å². The van der Waals surface area contributed by atoms with Crippen molar-refractivity contribution in [1.82, 2.24) is 14.7 Å². The quantitative estimate of drug-likeness (QED) is 0.792. The normalized spacial score (nSPS) is 15.5. The van der Waals surface area contributed by atoms with E-state index in [1.807, 2.05) is 0 Å². The first kappa shape index (κ1) is 16.9. The molecule has 0 bridgehead atoms. The van der Waals surface area contributed by atoms with Crippen molar-refractivity contribution in [3.8, 4) is 0 Å². The molecule has 0 atom stereocenters. The Morgan fingerprint density at radius 1 is 1.14 bits per heavy atom. The number of rotatable bonds is 5. The van der Waals surface area contributed by atoms with E-state index in [4.69, 9.17) is 0 Å². The van der Waals surface area contributed by atoms with Gasteiger partial charge < -0.3 is 5.32 Å². The second-order valence-corrected chi connectivity index (χ2v) is 6.95. The molecule has 0 fully saturated rings. The van der Waals surface area contributed by atoms with E-state index in [9.17, 15) is 21.6 Å². The van der Waals surface area contributed by atoms with Crippen molar-refractivity contribution in [2.45, 2.75) is 31.9 Å². The monoisotopic (exact) mass is 338 g/mol. The van der Waals surface area contributed by atoms with Crippen molar-refractivity contribution in [2.75, 3.05) is 24.7 Å². The molecule has 2 rings (SSSR count). The number of hydrogen-bond acceptors (Lipinski definition) is 5. The second kappa shape index (κ2) is 6.37. The first-order valence-electron chi connectivity index (χ1n) is 6.82. The second-order valence-electron chi connectivity index (χ2n) is 5.12. The molecule has 1 heterocycles. The summed E-state index contributed by atoms with van der Waals surface area (Å²) >= 11 is 0. The number of halogens is 3. The van der Waals surface area contributed by atoms with Gasteiger partial charge in [0, 0.05) is 24.3 Å². The van der Waals surface area contributed by atoms with Crippen molar-refractivity contribution in [3.05, 3.63) is 17.0 Å². The van der Waals surface area contributed by atoms with E-state index in [1.54, 1.807) is 0 Å². The SMILES string of the molecule is CS(=O)(=O)NCCNc1nc2c(c(C(F)(F)F)n1)CCCC2. The highest BCUT2D eigenvalue weighted by Gasteiger charge is 2.37. The van der Waals surface area contributed by atoms with E-state index in [0.717, 1.165) is 12.7 Å². The number of hydrogen-bond donors (Lipinski definition) is 2. The maximum Gasteiger partial charge on any atom is 0.433 e. The third kappa shape index (κ3) is 4.54. The number of aryl methyl sites for hydroxylation is 1. The molecule has 1 aromatic heterocycles. The molecule has 1 aliphatic rings. The number of nitrogens with one attached hydrogen (secondary N) is 2. The van der Waals surface area contributed by atoms with Crippen LogP contribution in [0, 0.1) is 0 Å². The predicted molar refractivity (Wildman–Crippen MR) is 75.0 cm³/mol. The van der Waals surface area contributed by atoms with E-state index >= 15 is 0 Å². The fraction of sp³-hybridized carbons (Fsp3) is 0.667. The average Bonchev–Trinajstić information content (AvgIpc) is 2.40. The van der Waals surface area contributed by atoms with Gasteiger partial charge in [0.2, 0.25) is 16.0 Å². The van der Waals surface area contributed by atoms with Gasteiger partial charge in [0.15, 0.2) is 5.69 Å². The van der Waals surface area contributed by atoms with Gasteiger partial charge >= 0.3 is 6.18 Å². The highest BCUT2D eigenvalue weighted by Crippen LogP contribution is 2.35. The number of nitrogens with zero attached hydrogens (tertiary/aromatic N) is 2. The molecule has 10 heteroatoms. The summed E-state index contributed by atoms with van der Waals surface area (Å²) in [5.41, 5.74) is -0.290. The fourth-order valence-corrected chi connectivity index (χ4v) is 2.79. The lowest BCUT2D eigenvalue weighted by molar-refractivity contribution is -0.142. The summed E-state index contributed by atoms with van der Waals surface area (Å²) in [5.74, 6) is -0.122. The molecule has 0 unspecified atom stereocenters. The van der Waals surface area contributed by atoms with E-state index in [1.165, 1.54) is 0 Å². The van der Waals surface area contributed by atoms with Crippen molar-refractivity contribution < 1.29 is 21.6 Å². The minimum atomic E-state index is -4.52. The van der Waals surface area contributed by atoms with Gasteiger partial charge in [-0.25, -0.2) is 23.1 Å². The van der Waals surface area contributed by atoms with Crippen molar-refractivity contribution in [3.63, 3.8) is 0 Å². The Hall–Kier alpha value is -1.42. The van der Waals surface area contributed by atoms with Crippen molar-refractivity contribution in [1.29, 1.82) is 0 Å². The Balaban J connectivity index is 2.15. The molecule has 0 aliphatic heterocycles. The first-order valence-corrected chi connectivity index (χ1v) is 8.71. The lowest BCUT2D eigenvalue weighted by atomic mass is 9.94. The van der Waals surface area contributed by atoms with Gasteiger partial charge in [-0.3, -0.25) is 0 Å². The molecule has 1 aliphatic carbocycles. The van der Waals surface area contributed by atoms with Gasteiger partial charge in [-0.2, -0.15) is 13.2 Å². The maximum atomic E-state index is 13.1. The molecule has 1 aromatic rings. The van der Waals surface area contributed by atoms with Gasteiger partial charge in [0.25, 0.3) is 0 Å². The molecule has 0 saturated carbocycles. The largest absolute Gasteiger partial charge is 0.433 e. The molecular formula is C12H17F3N4O2S. The molecule has 0 aromatic carbocycles. The fourth-order valence-electron chi connectivity index (χ4n) is 2.32. The molecule has 6 nitrogen and oxygen atoms in total. The van der Waals surface area contributed by atoms with Crippen LogP contribution in [0.25, 0.3) is 0 Å². The molecule has 124 valence electrons. The number of anilines is 1. The standard InChI is InChI=1S/C12H17F3N4O2S/c1-22(20,21)17-7-6-16-11-18-9-5-3-2-4-8(9)10(19-11)12(13,14)15/h17H,2-7H2,1H3,(H,16,18,19). The molecule has 0 saturated heterocycles. The Bertz CT molecular complexity index is 647. The number of sulfonamides is 1. The molecular weight excluding hydrogens is 321 g/mol. The van der Waals surface area contributed by atoms with Crippen LogP contribution in [0.2, 0.25) is 0 Å². The zero-order chi connectivity index (χ0) is 16.4. The molecule has 22 heavy (non-hydrogen) atoms. The van der Waals surface area contributed by atoms with Gasteiger partial charge in [0.05, 0.1) is 6.26 Å². The Kier molecular flexibility index (Phi) is 4.90. The van der Waals surface area contributed by atoms with Gasteiger partial charge in [-0.15, -0.1) is 0 Å².